The summed E-state index contributed by atoms with van der Waals surface area (Å²) in [5.74, 6) is -1.04. The van der Waals surface area contributed by atoms with E-state index >= 15 is 0 Å². The molecule has 0 radical (unpaired) electrons. The number of benzene rings is 1. The van der Waals surface area contributed by atoms with Crippen LogP contribution in [0.5, 0.6) is 0 Å². The number of hydrogen-bond acceptors (Lipinski definition) is 3. The number of amides is 1. The normalized spacial score (nSPS) is 17.6. The molecular formula is C15H19Cl3N2O3. The van der Waals surface area contributed by atoms with Crippen molar-refractivity contribution in [3.05, 3.63) is 33.8 Å². The van der Waals surface area contributed by atoms with Crippen LogP contribution in [0.3, 0.4) is 0 Å². The van der Waals surface area contributed by atoms with Crippen LogP contribution in [0.4, 0.5) is 0 Å². The number of likely N-dealkylation sites (tertiary alicyclic amines) is 1. The number of halogens is 3. The molecule has 1 aromatic rings. The lowest BCUT2D eigenvalue weighted by Gasteiger charge is -2.20. The van der Waals surface area contributed by atoms with E-state index in [1.807, 2.05) is 12.1 Å². The molecule has 0 bridgehead atoms. The molecule has 1 fully saturated rings. The van der Waals surface area contributed by atoms with Gasteiger partial charge in [-0.3, -0.25) is 14.5 Å². The van der Waals surface area contributed by atoms with Crippen molar-refractivity contribution in [1.29, 1.82) is 0 Å². The van der Waals surface area contributed by atoms with Crippen molar-refractivity contribution in [2.24, 2.45) is 0 Å². The fourth-order valence-corrected chi connectivity index (χ4v) is 3.03. The molecular weight excluding hydrogens is 363 g/mol. The van der Waals surface area contributed by atoms with Gasteiger partial charge in [0, 0.05) is 6.54 Å². The highest BCUT2D eigenvalue weighted by atomic mass is 35.5. The number of nitrogens with one attached hydrogen (secondary N) is 1. The summed E-state index contributed by atoms with van der Waals surface area (Å²) in [4.78, 5) is 24.7. The minimum atomic E-state index is -0.865. The second-order valence-corrected chi connectivity index (χ2v) is 6.06. The van der Waals surface area contributed by atoms with E-state index < -0.39 is 12.0 Å². The molecule has 1 heterocycles. The highest BCUT2D eigenvalue weighted by Gasteiger charge is 2.31. The van der Waals surface area contributed by atoms with Gasteiger partial charge in [0.25, 0.3) is 0 Å². The fraction of sp³-hybridized carbons (Fsp3) is 0.467. The summed E-state index contributed by atoms with van der Waals surface area (Å²) in [6, 6.07) is 4.84. The van der Waals surface area contributed by atoms with E-state index in [4.69, 9.17) is 28.3 Å². The molecule has 23 heavy (non-hydrogen) atoms. The SMILES string of the molecule is Cl.O=C(CN1CCC[C@@H]1C(=O)O)NCCc1cccc(Cl)c1Cl. The van der Waals surface area contributed by atoms with Gasteiger partial charge in [0.2, 0.25) is 5.91 Å². The van der Waals surface area contributed by atoms with E-state index in [0.29, 0.717) is 36.0 Å². The molecule has 0 spiro atoms. The van der Waals surface area contributed by atoms with Gasteiger partial charge in [-0.05, 0) is 37.4 Å². The average molecular weight is 382 g/mol. The van der Waals surface area contributed by atoms with Crippen LogP contribution in [0.2, 0.25) is 10.0 Å². The Bertz CT molecular complexity index is 569. The van der Waals surface area contributed by atoms with Crippen molar-refractivity contribution in [2.75, 3.05) is 19.6 Å². The van der Waals surface area contributed by atoms with E-state index in [-0.39, 0.29) is 24.9 Å². The van der Waals surface area contributed by atoms with Crippen LogP contribution >= 0.6 is 35.6 Å². The zero-order chi connectivity index (χ0) is 16.1. The van der Waals surface area contributed by atoms with E-state index in [2.05, 4.69) is 5.32 Å². The van der Waals surface area contributed by atoms with E-state index in [1.165, 1.54) is 0 Å². The van der Waals surface area contributed by atoms with Gasteiger partial charge in [0.1, 0.15) is 6.04 Å². The summed E-state index contributed by atoms with van der Waals surface area (Å²) in [6.07, 6.45) is 1.98. The molecule has 1 atom stereocenters. The quantitative estimate of drug-likeness (QED) is 0.795. The Morgan fingerprint density at radius 3 is 2.78 bits per heavy atom. The van der Waals surface area contributed by atoms with Crippen LogP contribution in [0.25, 0.3) is 0 Å². The number of aliphatic carboxylic acids is 1. The molecule has 0 aliphatic carbocycles. The lowest BCUT2D eigenvalue weighted by Crippen LogP contribution is -2.43. The molecule has 1 saturated heterocycles. The summed E-state index contributed by atoms with van der Waals surface area (Å²) >= 11 is 12.0. The average Bonchev–Trinajstić information content (AvgIpc) is 2.91. The largest absolute Gasteiger partial charge is 0.480 e. The molecule has 8 heteroatoms. The van der Waals surface area contributed by atoms with Crippen molar-refractivity contribution in [3.8, 4) is 0 Å². The maximum Gasteiger partial charge on any atom is 0.320 e. The lowest BCUT2D eigenvalue weighted by atomic mass is 10.1. The van der Waals surface area contributed by atoms with Crippen molar-refractivity contribution < 1.29 is 14.7 Å². The highest BCUT2D eigenvalue weighted by Crippen LogP contribution is 2.25. The minimum absolute atomic E-state index is 0. The molecule has 1 aliphatic rings. The summed E-state index contributed by atoms with van der Waals surface area (Å²) in [7, 11) is 0. The van der Waals surface area contributed by atoms with Crippen LogP contribution in [0, 0.1) is 0 Å². The van der Waals surface area contributed by atoms with Gasteiger partial charge in [-0.1, -0.05) is 35.3 Å². The van der Waals surface area contributed by atoms with E-state index in [1.54, 1.807) is 11.0 Å². The first-order valence-corrected chi connectivity index (χ1v) is 7.91. The number of carboxylic acid groups (broad SMARTS) is 1. The molecule has 0 unspecified atom stereocenters. The zero-order valence-corrected chi connectivity index (χ0v) is 14.8. The van der Waals surface area contributed by atoms with Crippen LogP contribution in [0.15, 0.2) is 18.2 Å². The number of nitrogens with zero attached hydrogens (tertiary/aromatic N) is 1. The molecule has 0 saturated carbocycles. The Kier molecular flexibility index (Phi) is 8.12. The van der Waals surface area contributed by atoms with Gasteiger partial charge in [-0.25, -0.2) is 0 Å². The van der Waals surface area contributed by atoms with Gasteiger partial charge in [0.05, 0.1) is 16.6 Å². The number of carbonyl (C=O) groups excluding carboxylic acids is 1. The molecule has 2 rings (SSSR count). The predicted octanol–water partition coefficient (Wildman–Crippen LogP) is 2.62. The van der Waals surface area contributed by atoms with Gasteiger partial charge in [-0.2, -0.15) is 0 Å². The Morgan fingerprint density at radius 1 is 1.35 bits per heavy atom. The van der Waals surface area contributed by atoms with Gasteiger partial charge in [0.15, 0.2) is 0 Å². The molecule has 1 aromatic carbocycles. The summed E-state index contributed by atoms with van der Waals surface area (Å²) in [6.45, 7) is 1.19. The van der Waals surface area contributed by atoms with Crippen LogP contribution in [-0.2, 0) is 16.0 Å². The molecule has 5 nitrogen and oxygen atoms in total. The van der Waals surface area contributed by atoms with Crippen molar-refractivity contribution in [2.45, 2.75) is 25.3 Å². The first-order valence-electron chi connectivity index (χ1n) is 7.15. The summed E-state index contributed by atoms with van der Waals surface area (Å²) in [5, 5.41) is 12.9. The van der Waals surface area contributed by atoms with Crippen molar-refractivity contribution >= 4 is 47.5 Å². The fourth-order valence-electron chi connectivity index (χ4n) is 2.61. The predicted molar refractivity (Wildman–Crippen MR) is 92.7 cm³/mol. The first kappa shape index (κ1) is 20.0. The maximum atomic E-state index is 11.9. The molecule has 1 amide bonds. The van der Waals surface area contributed by atoms with Gasteiger partial charge >= 0.3 is 5.97 Å². The third-order valence-corrected chi connectivity index (χ3v) is 4.60. The summed E-state index contributed by atoms with van der Waals surface area (Å²) < 4.78 is 0. The number of hydrogen-bond donors (Lipinski definition) is 2. The Labute approximate surface area is 151 Å². The van der Waals surface area contributed by atoms with Crippen LogP contribution < -0.4 is 5.32 Å². The van der Waals surface area contributed by atoms with E-state index in [0.717, 1.165) is 12.0 Å². The number of carbonyl (C=O) groups is 2. The topological polar surface area (TPSA) is 69.6 Å². The standard InChI is InChI=1S/C15H18Cl2N2O3.ClH/c16-11-4-1-3-10(14(11)17)6-7-18-13(20)9-19-8-2-5-12(19)15(21)22;/h1,3-4,12H,2,5-9H2,(H,18,20)(H,21,22);1H/t12-;/m1./s1. The smallest absolute Gasteiger partial charge is 0.320 e. The molecule has 2 N–H and O–H groups in total. The highest BCUT2D eigenvalue weighted by molar-refractivity contribution is 6.42. The summed E-state index contributed by atoms with van der Waals surface area (Å²) in [5.41, 5.74) is 0.874. The Morgan fingerprint density at radius 2 is 2.09 bits per heavy atom. The third-order valence-electron chi connectivity index (χ3n) is 3.74. The van der Waals surface area contributed by atoms with Gasteiger partial charge in [-0.15, -0.1) is 12.4 Å². The second-order valence-electron chi connectivity index (χ2n) is 5.28. The monoisotopic (exact) mass is 380 g/mol. The maximum absolute atomic E-state index is 11.9. The minimum Gasteiger partial charge on any atom is -0.480 e. The van der Waals surface area contributed by atoms with Crippen LogP contribution in [0.1, 0.15) is 18.4 Å². The van der Waals surface area contributed by atoms with Crippen molar-refractivity contribution in [1.82, 2.24) is 10.2 Å². The number of rotatable bonds is 6. The molecule has 1 aliphatic heterocycles. The Balaban J connectivity index is 0.00000264. The second kappa shape index (κ2) is 9.33. The van der Waals surface area contributed by atoms with Crippen LogP contribution in [-0.4, -0.2) is 47.6 Å². The number of carboxylic acids is 1. The first-order chi connectivity index (χ1) is 10.5. The van der Waals surface area contributed by atoms with Gasteiger partial charge < -0.3 is 10.4 Å². The lowest BCUT2D eigenvalue weighted by molar-refractivity contribution is -0.142. The Hall–Kier alpha value is -1.01. The van der Waals surface area contributed by atoms with E-state index in [9.17, 15) is 9.59 Å². The molecule has 128 valence electrons. The molecule has 0 aromatic heterocycles. The van der Waals surface area contributed by atoms with Crippen molar-refractivity contribution in [3.63, 3.8) is 0 Å². The third kappa shape index (κ3) is 5.53. The zero-order valence-electron chi connectivity index (χ0n) is 12.4.